The van der Waals surface area contributed by atoms with E-state index in [1.165, 1.54) is 0 Å². The monoisotopic (exact) mass is 280 g/mol. The van der Waals surface area contributed by atoms with Crippen LogP contribution in [0.5, 0.6) is 0 Å². The van der Waals surface area contributed by atoms with Gasteiger partial charge in [-0.2, -0.15) is 0 Å². The Hall–Kier alpha value is -0.660. The fourth-order valence-corrected chi connectivity index (χ4v) is 2.43. The summed E-state index contributed by atoms with van der Waals surface area (Å²) in [6.07, 6.45) is 5.26. The standard InChI is InChI=1S/C18H36N2/c1-11-16(4,5)18(8,9)20-13-12-15(2,3)14-17(6,7)19-10/h13H,10-12,14H2,1-9H3/b20-13+. The van der Waals surface area contributed by atoms with Crippen LogP contribution in [0.4, 0.5) is 0 Å². The molecule has 2 nitrogen and oxygen atoms in total. The number of rotatable bonds is 8. The SMILES string of the molecule is C=NC(C)(C)CC(C)(C)C/C=N/C(C)(C)C(C)(C)CC. The summed E-state index contributed by atoms with van der Waals surface area (Å²) in [7, 11) is 0. The van der Waals surface area contributed by atoms with Gasteiger partial charge < -0.3 is 0 Å². The van der Waals surface area contributed by atoms with Gasteiger partial charge in [0.2, 0.25) is 0 Å². The minimum absolute atomic E-state index is 0.0238. The van der Waals surface area contributed by atoms with Gasteiger partial charge in [0, 0.05) is 0 Å². The van der Waals surface area contributed by atoms with Gasteiger partial charge in [-0.3, -0.25) is 9.98 Å². The fraction of sp³-hybridized carbons (Fsp3) is 0.889. The molecule has 0 aromatic carbocycles. The summed E-state index contributed by atoms with van der Waals surface area (Å²) in [5.41, 5.74) is 0.329. The second-order valence-corrected chi connectivity index (χ2v) is 8.62. The van der Waals surface area contributed by atoms with Crippen molar-refractivity contribution in [2.24, 2.45) is 20.8 Å². The van der Waals surface area contributed by atoms with Gasteiger partial charge in [0.15, 0.2) is 0 Å². The van der Waals surface area contributed by atoms with Crippen LogP contribution in [0.15, 0.2) is 9.98 Å². The highest BCUT2D eigenvalue weighted by Crippen LogP contribution is 2.37. The maximum Gasteiger partial charge on any atom is 0.0598 e. The molecule has 118 valence electrons. The summed E-state index contributed by atoms with van der Waals surface area (Å²) in [5.74, 6) is 0. The second-order valence-electron chi connectivity index (χ2n) is 8.62. The van der Waals surface area contributed by atoms with E-state index in [4.69, 9.17) is 4.99 Å². The Morgan fingerprint density at radius 3 is 1.85 bits per heavy atom. The van der Waals surface area contributed by atoms with Crippen molar-refractivity contribution >= 4 is 12.9 Å². The topological polar surface area (TPSA) is 24.7 Å². The van der Waals surface area contributed by atoms with Crippen LogP contribution in [0.1, 0.15) is 81.6 Å². The van der Waals surface area contributed by atoms with Gasteiger partial charge in [0.1, 0.15) is 0 Å². The summed E-state index contributed by atoms with van der Waals surface area (Å²) >= 11 is 0. The fourth-order valence-electron chi connectivity index (χ4n) is 2.43. The first-order valence-electron chi connectivity index (χ1n) is 7.80. The molecule has 0 bridgehead atoms. The van der Waals surface area contributed by atoms with Crippen molar-refractivity contribution < 1.29 is 0 Å². The molecule has 0 spiro atoms. The van der Waals surface area contributed by atoms with E-state index in [0.29, 0.717) is 0 Å². The second kappa shape index (κ2) is 6.41. The summed E-state index contributed by atoms with van der Waals surface area (Å²) in [5, 5.41) is 0. The lowest BCUT2D eigenvalue weighted by molar-refractivity contribution is 0.196. The number of hydrogen-bond acceptors (Lipinski definition) is 2. The maximum absolute atomic E-state index is 4.87. The molecule has 0 saturated carbocycles. The highest BCUT2D eigenvalue weighted by Gasteiger charge is 2.35. The third-order valence-electron chi connectivity index (χ3n) is 4.94. The molecule has 2 heteroatoms. The molecule has 0 aliphatic heterocycles. The molecule has 0 aliphatic rings. The predicted molar refractivity (Wildman–Crippen MR) is 93.3 cm³/mol. The average Bonchev–Trinajstić information content (AvgIpc) is 2.26. The molecule has 0 saturated heterocycles. The van der Waals surface area contributed by atoms with Gasteiger partial charge in [-0.15, -0.1) is 0 Å². The molecule has 20 heavy (non-hydrogen) atoms. The molecule has 0 atom stereocenters. The van der Waals surface area contributed by atoms with Crippen molar-refractivity contribution in [1.82, 2.24) is 0 Å². The van der Waals surface area contributed by atoms with Crippen LogP contribution < -0.4 is 0 Å². The van der Waals surface area contributed by atoms with Gasteiger partial charge in [-0.05, 0) is 70.7 Å². The Kier molecular flexibility index (Phi) is 6.19. The van der Waals surface area contributed by atoms with Crippen LogP contribution in [0.3, 0.4) is 0 Å². The van der Waals surface area contributed by atoms with E-state index in [0.717, 1.165) is 19.3 Å². The van der Waals surface area contributed by atoms with E-state index in [9.17, 15) is 0 Å². The molecule has 0 aliphatic carbocycles. The molecular formula is C18H36N2. The van der Waals surface area contributed by atoms with Crippen molar-refractivity contribution in [2.45, 2.75) is 92.7 Å². The van der Waals surface area contributed by atoms with Crippen molar-refractivity contribution in [3.63, 3.8) is 0 Å². The zero-order valence-electron chi connectivity index (χ0n) is 15.3. The van der Waals surface area contributed by atoms with Crippen LogP contribution in [0.25, 0.3) is 0 Å². The first-order chi connectivity index (χ1) is 8.79. The third-order valence-corrected chi connectivity index (χ3v) is 4.94. The van der Waals surface area contributed by atoms with Crippen LogP contribution >= 0.6 is 0 Å². The zero-order chi connectivity index (χ0) is 16.2. The Bertz CT molecular complexity index is 346. The van der Waals surface area contributed by atoms with Gasteiger partial charge in [-0.1, -0.05) is 34.6 Å². The minimum atomic E-state index is -0.0600. The van der Waals surface area contributed by atoms with E-state index in [1.807, 2.05) is 0 Å². The number of aliphatic imine (C=N–C) groups is 2. The molecule has 0 fully saturated rings. The van der Waals surface area contributed by atoms with Gasteiger partial charge in [0.25, 0.3) is 0 Å². The smallest absolute Gasteiger partial charge is 0.0598 e. The lowest BCUT2D eigenvalue weighted by Gasteiger charge is -2.38. The Balaban J connectivity index is 4.76. The van der Waals surface area contributed by atoms with Crippen molar-refractivity contribution in [1.29, 1.82) is 0 Å². The summed E-state index contributed by atoms with van der Waals surface area (Å²) in [4.78, 5) is 9.09. The predicted octanol–water partition coefficient (Wildman–Crippen LogP) is 5.56. The summed E-state index contributed by atoms with van der Waals surface area (Å²) in [6, 6.07) is 0. The quantitative estimate of drug-likeness (QED) is 0.520. The maximum atomic E-state index is 4.87. The molecular weight excluding hydrogens is 244 g/mol. The van der Waals surface area contributed by atoms with Gasteiger partial charge in [-0.25, -0.2) is 0 Å². The van der Waals surface area contributed by atoms with Crippen molar-refractivity contribution in [3.8, 4) is 0 Å². The highest BCUT2D eigenvalue weighted by atomic mass is 14.9. The van der Waals surface area contributed by atoms with Crippen molar-refractivity contribution in [2.75, 3.05) is 0 Å². The first kappa shape index (κ1) is 19.3. The molecule has 0 heterocycles. The molecule has 0 N–H and O–H groups in total. The third kappa shape index (κ3) is 5.76. The van der Waals surface area contributed by atoms with E-state index in [1.54, 1.807) is 0 Å². The average molecular weight is 280 g/mol. The molecule has 0 aromatic heterocycles. The molecule has 0 rings (SSSR count). The Morgan fingerprint density at radius 1 is 0.950 bits per heavy atom. The summed E-state index contributed by atoms with van der Waals surface area (Å²) in [6.45, 7) is 23.8. The Morgan fingerprint density at radius 2 is 1.45 bits per heavy atom. The van der Waals surface area contributed by atoms with Crippen LogP contribution in [-0.2, 0) is 0 Å². The molecule has 0 radical (unpaired) electrons. The van der Waals surface area contributed by atoms with Crippen molar-refractivity contribution in [3.05, 3.63) is 0 Å². The van der Waals surface area contributed by atoms with Crippen LogP contribution in [0, 0.1) is 10.8 Å². The minimum Gasteiger partial charge on any atom is -0.295 e. The van der Waals surface area contributed by atoms with Crippen LogP contribution in [0.2, 0.25) is 0 Å². The lowest BCUT2D eigenvalue weighted by Crippen LogP contribution is -2.37. The van der Waals surface area contributed by atoms with E-state index in [-0.39, 0.29) is 21.9 Å². The van der Waals surface area contributed by atoms with Gasteiger partial charge >= 0.3 is 0 Å². The highest BCUT2D eigenvalue weighted by molar-refractivity contribution is 5.59. The van der Waals surface area contributed by atoms with E-state index < -0.39 is 0 Å². The lowest BCUT2D eigenvalue weighted by atomic mass is 9.73. The molecule has 0 aromatic rings. The van der Waals surface area contributed by atoms with Crippen LogP contribution in [-0.4, -0.2) is 24.0 Å². The van der Waals surface area contributed by atoms with E-state index >= 15 is 0 Å². The molecule has 0 amide bonds. The van der Waals surface area contributed by atoms with E-state index in [2.05, 4.69) is 80.2 Å². The number of hydrogen-bond donors (Lipinski definition) is 0. The normalized spacial score (nSPS) is 14.8. The number of nitrogens with zero attached hydrogens (tertiary/aromatic N) is 2. The zero-order valence-corrected chi connectivity index (χ0v) is 15.3. The largest absolute Gasteiger partial charge is 0.295 e. The van der Waals surface area contributed by atoms with Gasteiger partial charge in [0.05, 0.1) is 11.1 Å². The molecule has 0 unspecified atom stereocenters. The summed E-state index contributed by atoms with van der Waals surface area (Å²) < 4.78 is 0. The Labute approximate surface area is 127 Å². The first-order valence-corrected chi connectivity index (χ1v) is 7.80.